The number of amides is 1. The van der Waals surface area contributed by atoms with Crippen LogP contribution in [0.3, 0.4) is 0 Å². The third kappa shape index (κ3) is 4.31. The molecule has 2 aromatic heterocycles. The quantitative estimate of drug-likeness (QED) is 0.457. The molecule has 0 unspecified atom stereocenters. The van der Waals surface area contributed by atoms with E-state index in [1.165, 1.54) is 18.6 Å². The lowest BCUT2D eigenvalue weighted by atomic mass is 10.0. The van der Waals surface area contributed by atoms with Crippen LogP contribution in [-0.4, -0.2) is 21.2 Å². The van der Waals surface area contributed by atoms with Crippen LogP contribution in [0.5, 0.6) is 0 Å². The molecule has 2 aromatic carbocycles. The summed E-state index contributed by atoms with van der Waals surface area (Å²) >= 11 is 5.90. The topological polar surface area (TPSA) is 81.1 Å². The Bertz CT molecular complexity index is 1390. The summed E-state index contributed by atoms with van der Waals surface area (Å²) in [5.41, 5.74) is 3.11. The van der Waals surface area contributed by atoms with Crippen molar-refractivity contribution in [3.63, 3.8) is 0 Å². The molecule has 7 heteroatoms. The maximum Gasteiger partial charge on any atom is 0.244 e. The molecule has 160 valence electrons. The number of halogens is 1. The van der Waals surface area contributed by atoms with Gasteiger partial charge < -0.3 is 9.88 Å². The van der Waals surface area contributed by atoms with E-state index in [0.717, 1.165) is 11.1 Å². The lowest BCUT2D eigenvalue weighted by Gasteiger charge is -2.15. The minimum absolute atomic E-state index is 0.00578. The molecule has 0 radical (unpaired) electrons. The molecular formula is C25H20ClN3O3. The first kappa shape index (κ1) is 21.5. The van der Waals surface area contributed by atoms with E-state index in [2.05, 4.69) is 10.3 Å². The summed E-state index contributed by atoms with van der Waals surface area (Å²) in [6.07, 6.45) is 4.46. The Morgan fingerprint density at radius 1 is 1.00 bits per heavy atom. The van der Waals surface area contributed by atoms with Crippen LogP contribution in [0.15, 0.2) is 71.9 Å². The molecule has 2 heterocycles. The van der Waals surface area contributed by atoms with Gasteiger partial charge in [-0.3, -0.25) is 19.4 Å². The molecule has 1 amide bonds. The zero-order chi connectivity index (χ0) is 22.8. The number of pyridine rings is 2. The van der Waals surface area contributed by atoms with Crippen molar-refractivity contribution < 1.29 is 9.59 Å². The van der Waals surface area contributed by atoms with Crippen molar-refractivity contribution in [2.24, 2.45) is 0 Å². The SMILES string of the molecule is Cc1cc2c(=O)c(C(=O)c3ccncc3)cn(CC(=O)Nc3ccc(Cl)cc3)c2cc1C. The first-order valence-electron chi connectivity index (χ1n) is 9.98. The van der Waals surface area contributed by atoms with Crippen LogP contribution in [0.2, 0.25) is 5.02 Å². The Kier molecular flexibility index (Phi) is 5.88. The van der Waals surface area contributed by atoms with Crippen LogP contribution in [0, 0.1) is 13.8 Å². The first-order chi connectivity index (χ1) is 15.3. The minimum Gasteiger partial charge on any atom is -0.337 e. The Morgan fingerprint density at radius 2 is 1.66 bits per heavy atom. The van der Waals surface area contributed by atoms with Crippen LogP contribution >= 0.6 is 11.6 Å². The van der Waals surface area contributed by atoms with E-state index < -0.39 is 5.78 Å². The van der Waals surface area contributed by atoms with Crippen molar-refractivity contribution in [3.05, 3.63) is 105 Å². The summed E-state index contributed by atoms with van der Waals surface area (Å²) in [5, 5.41) is 3.78. The number of anilines is 1. The van der Waals surface area contributed by atoms with E-state index in [-0.39, 0.29) is 23.4 Å². The molecular weight excluding hydrogens is 426 g/mol. The fourth-order valence-electron chi connectivity index (χ4n) is 3.49. The van der Waals surface area contributed by atoms with Crippen LogP contribution in [0.25, 0.3) is 10.9 Å². The Hall–Kier alpha value is -3.77. The smallest absolute Gasteiger partial charge is 0.244 e. The van der Waals surface area contributed by atoms with Crippen LogP contribution in [-0.2, 0) is 11.3 Å². The number of nitrogens with zero attached hydrogens (tertiary/aromatic N) is 2. The van der Waals surface area contributed by atoms with Gasteiger partial charge in [-0.1, -0.05) is 11.6 Å². The number of carbonyl (C=O) groups is 2. The maximum atomic E-state index is 13.2. The second-order valence-electron chi connectivity index (χ2n) is 7.57. The number of ketones is 1. The number of hydrogen-bond acceptors (Lipinski definition) is 4. The van der Waals surface area contributed by atoms with Gasteiger partial charge in [0, 0.05) is 40.3 Å². The predicted octanol–water partition coefficient (Wildman–Crippen LogP) is 4.54. The Morgan fingerprint density at radius 3 is 2.34 bits per heavy atom. The normalized spacial score (nSPS) is 10.8. The highest BCUT2D eigenvalue weighted by atomic mass is 35.5. The fraction of sp³-hybridized carbons (Fsp3) is 0.120. The minimum atomic E-state index is -0.413. The Labute approximate surface area is 189 Å². The van der Waals surface area contributed by atoms with Crippen molar-refractivity contribution in [1.29, 1.82) is 0 Å². The number of aromatic nitrogens is 2. The molecule has 0 atom stereocenters. The van der Waals surface area contributed by atoms with E-state index in [9.17, 15) is 14.4 Å². The van der Waals surface area contributed by atoms with E-state index in [1.807, 2.05) is 19.9 Å². The van der Waals surface area contributed by atoms with Crippen molar-refractivity contribution in [3.8, 4) is 0 Å². The molecule has 0 fully saturated rings. The molecule has 32 heavy (non-hydrogen) atoms. The highest BCUT2D eigenvalue weighted by Gasteiger charge is 2.19. The molecule has 1 N–H and O–H groups in total. The van der Waals surface area contributed by atoms with E-state index in [0.29, 0.717) is 27.2 Å². The predicted molar refractivity (Wildman–Crippen MR) is 125 cm³/mol. The van der Waals surface area contributed by atoms with Crippen LogP contribution in [0.4, 0.5) is 5.69 Å². The van der Waals surface area contributed by atoms with Gasteiger partial charge in [0.1, 0.15) is 6.54 Å². The van der Waals surface area contributed by atoms with Gasteiger partial charge in [0.25, 0.3) is 0 Å². The summed E-state index contributed by atoms with van der Waals surface area (Å²) < 4.78 is 1.64. The van der Waals surface area contributed by atoms with Crippen LogP contribution in [0.1, 0.15) is 27.0 Å². The van der Waals surface area contributed by atoms with Gasteiger partial charge in [-0.15, -0.1) is 0 Å². The van der Waals surface area contributed by atoms with Gasteiger partial charge in [0.2, 0.25) is 11.3 Å². The van der Waals surface area contributed by atoms with Gasteiger partial charge in [0.15, 0.2) is 5.78 Å². The number of carbonyl (C=O) groups excluding carboxylic acids is 2. The summed E-state index contributed by atoms with van der Waals surface area (Å²) in [6.45, 7) is 3.77. The number of hydrogen-bond donors (Lipinski definition) is 1. The number of benzene rings is 2. The number of rotatable bonds is 5. The molecule has 0 aliphatic carbocycles. The second-order valence-corrected chi connectivity index (χ2v) is 8.01. The van der Waals surface area contributed by atoms with Crippen molar-refractivity contribution >= 4 is 39.9 Å². The van der Waals surface area contributed by atoms with E-state index in [1.54, 1.807) is 47.0 Å². The lowest BCUT2D eigenvalue weighted by molar-refractivity contribution is -0.116. The summed E-state index contributed by atoms with van der Waals surface area (Å²) in [6, 6.07) is 13.5. The molecule has 6 nitrogen and oxygen atoms in total. The molecule has 4 rings (SSSR count). The molecule has 0 bridgehead atoms. The maximum absolute atomic E-state index is 13.2. The number of aryl methyl sites for hydroxylation is 2. The monoisotopic (exact) mass is 445 g/mol. The summed E-state index contributed by atoms with van der Waals surface area (Å²) in [5.74, 6) is -0.706. The molecule has 0 aliphatic heterocycles. The largest absolute Gasteiger partial charge is 0.337 e. The fourth-order valence-corrected chi connectivity index (χ4v) is 3.62. The van der Waals surface area contributed by atoms with Gasteiger partial charge in [-0.05, 0) is 73.5 Å². The van der Waals surface area contributed by atoms with E-state index >= 15 is 0 Å². The van der Waals surface area contributed by atoms with E-state index in [4.69, 9.17) is 11.6 Å². The van der Waals surface area contributed by atoms with Gasteiger partial charge in [0.05, 0.1) is 11.1 Å². The molecule has 0 spiro atoms. The summed E-state index contributed by atoms with van der Waals surface area (Å²) in [4.78, 5) is 43.0. The Balaban J connectivity index is 1.79. The average Bonchev–Trinajstić information content (AvgIpc) is 2.78. The zero-order valence-corrected chi connectivity index (χ0v) is 18.3. The molecule has 4 aromatic rings. The lowest BCUT2D eigenvalue weighted by Crippen LogP contribution is -2.24. The third-order valence-electron chi connectivity index (χ3n) is 5.32. The molecule has 0 aliphatic rings. The van der Waals surface area contributed by atoms with Crippen molar-refractivity contribution in [1.82, 2.24) is 9.55 Å². The summed E-state index contributed by atoms with van der Waals surface area (Å²) in [7, 11) is 0. The first-order valence-corrected chi connectivity index (χ1v) is 10.4. The number of nitrogens with one attached hydrogen (secondary N) is 1. The second kappa shape index (κ2) is 8.77. The molecule has 0 saturated carbocycles. The van der Waals surface area contributed by atoms with Gasteiger partial charge >= 0.3 is 0 Å². The number of fused-ring (bicyclic) bond motifs is 1. The van der Waals surface area contributed by atoms with Gasteiger partial charge in [-0.2, -0.15) is 0 Å². The van der Waals surface area contributed by atoms with Crippen molar-refractivity contribution in [2.45, 2.75) is 20.4 Å². The third-order valence-corrected chi connectivity index (χ3v) is 5.58. The highest BCUT2D eigenvalue weighted by Crippen LogP contribution is 2.20. The van der Waals surface area contributed by atoms with Crippen LogP contribution < -0.4 is 10.7 Å². The molecule has 0 saturated heterocycles. The zero-order valence-electron chi connectivity index (χ0n) is 17.6. The van der Waals surface area contributed by atoms with Gasteiger partial charge in [-0.25, -0.2) is 0 Å². The average molecular weight is 446 g/mol. The standard InChI is InChI=1S/C25H20ClN3O3/c1-15-11-20-22(12-16(15)2)29(14-23(30)28-19-5-3-18(26)4-6-19)13-21(25(20)32)24(31)17-7-9-27-10-8-17/h3-13H,14H2,1-2H3,(H,28,30). The highest BCUT2D eigenvalue weighted by molar-refractivity contribution is 6.30. The van der Waals surface area contributed by atoms with Crippen molar-refractivity contribution in [2.75, 3.05) is 5.32 Å².